The summed E-state index contributed by atoms with van der Waals surface area (Å²) in [7, 11) is -3.59. The minimum atomic E-state index is -3.59. The largest absolute Gasteiger partial charge is 0.337 e. The molecule has 0 aromatic heterocycles. The predicted octanol–water partition coefficient (Wildman–Crippen LogP) is 2.98. The maximum Gasteiger partial charge on any atom is 0.240 e. The summed E-state index contributed by atoms with van der Waals surface area (Å²) in [5, 5.41) is 0.629. The van der Waals surface area contributed by atoms with E-state index < -0.39 is 10.0 Å². The van der Waals surface area contributed by atoms with E-state index in [2.05, 4.69) is 4.72 Å². The summed E-state index contributed by atoms with van der Waals surface area (Å²) in [6, 6.07) is 13.9. The fourth-order valence-electron chi connectivity index (χ4n) is 2.34. The molecule has 0 unspecified atom stereocenters. The molecule has 0 aliphatic rings. The molecule has 2 aromatic rings. The van der Waals surface area contributed by atoms with E-state index >= 15 is 0 Å². The molecule has 0 saturated heterocycles. The number of nitrogens with zero attached hydrogens (tertiary/aromatic N) is 1. The van der Waals surface area contributed by atoms with Gasteiger partial charge in [-0.1, -0.05) is 35.9 Å². The molecule has 134 valence electrons. The maximum absolute atomic E-state index is 12.3. The lowest BCUT2D eigenvalue weighted by Crippen LogP contribution is -2.37. The first-order valence-electron chi connectivity index (χ1n) is 7.84. The van der Waals surface area contributed by atoms with Gasteiger partial charge >= 0.3 is 0 Å². The lowest BCUT2D eigenvalue weighted by Gasteiger charge is -2.21. The highest BCUT2D eigenvalue weighted by molar-refractivity contribution is 7.89. The third kappa shape index (κ3) is 5.85. The van der Waals surface area contributed by atoms with Crippen LogP contribution in [0.5, 0.6) is 0 Å². The maximum atomic E-state index is 12.3. The Morgan fingerprint density at radius 1 is 1.16 bits per heavy atom. The molecule has 0 spiro atoms. The molecule has 0 atom stereocenters. The molecule has 0 bridgehead atoms. The highest BCUT2D eigenvalue weighted by atomic mass is 35.5. The highest BCUT2D eigenvalue weighted by Gasteiger charge is 2.15. The lowest BCUT2D eigenvalue weighted by molar-refractivity contribution is -0.129. The average Bonchev–Trinajstić information content (AvgIpc) is 2.55. The third-order valence-electron chi connectivity index (χ3n) is 3.71. The van der Waals surface area contributed by atoms with Gasteiger partial charge in [0.05, 0.1) is 4.90 Å². The number of carbonyl (C=O) groups excluding carboxylic acids is 1. The van der Waals surface area contributed by atoms with Gasteiger partial charge < -0.3 is 4.90 Å². The van der Waals surface area contributed by atoms with Gasteiger partial charge in [0.2, 0.25) is 15.9 Å². The second-order valence-corrected chi connectivity index (χ2v) is 7.98. The molecule has 0 radical (unpaired) electrons. The van der Waals surface area contributed by atoms with Crippen LogP contribution in [0, 0.1) is 6.92 Å². The summed E-state index contributed by atoms with van der Waals surface area (Å²) in [5.74, 6) is -0.121. The van der Waals surface area contributed by atoms with Crippen molar-refractivity contribution in [3.8, 4) is 0 Å². The zero-order chi connectivity index (χ0) is 18.4. The van der Waals surface area contributed by atoms with Crippen molar-refractivity contribution >= 4 is 27.5 Å². The molecule has 0 heterocycles. The van der Waals surface area contributed by atoms with Crippen LogP contribution in [0.25, 0.3) is 0 Å². The molecule has 25 heavy (non-hydrogen) atoms. The molecule has 0 aliphatic carbocycles. The zero-order valence-corrected chi connectivity index (χ0v) is 15.8. The predicted molar refractivity (Wildman–Crippen MR) is 98.9 cm³/mol. The van der Waals surface area contributed by atoms with Crippen molar-refractivity contribution in [1.82, 2.24) is 9.62 Å². The first-order chi connectivity index (χ1) is 11.8. The number of amides is 1. The Balaban J connectivity index is 1.97. The van der Waals surface area contributed by atoms with E-state index in [0.717, 1.165) is 11.1 Å². The van der Waals surface area contributed by atoms with Crippen molar-refractivity contribution in [3.63, 3.8) is 0 Å². The minimum Gasteiger partial charge on any atom is -0.337 e. The third-order valence-corrected chi connectivity index (χ3v) is 5.42. The van der Waals surface area contributed by atoms with Gasteiger partial charge in [-0.05, 0) is 42.3 Å². The first kappa shape index (κ1) is 19.4. The quantitative estimate of drug-likeness (QED) is 0.803. The molecule has 0 aliphatic heterocycles. The lowest BCUT2D eigenvalue weighted by atomic mass is 10.2. The van der Waals surface area contributed by atoms with Crippen LogP contribution in [0.3, 0.4) is 0 Å². The number of carbonyl (C=O) groups is 1. The molecule has 5 nitrogen and oxygen atoms in total. The van der Waals surface area contributed by atoms with Crippen LogP contribution in [-0.4, -0.2) is 32.3 Å². The van der Waals surface area contributed by atoms with Gasteiger partial charge in [0.15, 0.2) is 0 Å². The van der Waals surface area contributed by atoms with Gasteiger partial charge in [0.25, 0.3) is 0 Å². The second-order valence-electron chi connectivity index (χ2n) is 5.78. The van der Waals surface area contributed by atoms with Gasteiger partial charge in [-0.3, -0.25) is 4.79 Å². The van der Waals surface area contributed by atoms with E-state index in [-0.39, 0.29) is 23.9 Å². The zero-order valence-electron chi connectivity index (χ0n) is 14.2. The molecule has 2 rings (SSSR count). The summed E-state index contributed by atoms with van der Waals surface area (Å²) in [6.07, 6.45) is 0. The second kappa shape index (κ2) is 8.47. The molecule has 2 aromatic carbocycles. The van der Waals surface area contributed by atoms with Crippen molar-refractivity contribution in [3.05, 3.63) is 64.7 Å². The highest BCUT2D eigenvalue weighted by Crippen LogP contribution is 2.12. The van der Waals surface area contributed by atoms with Gasteiger partial charge in [-0.2, -0.15) is 0 Å². The van der Waals surface area contributed by atoms with Gasteiger partial charge in [-0.15, -0.1) is 0 Å². The number of nitrogens with one attached hydrogen (secondary N) is 1. The SMILES string of the molecule is CC(=O)N(CCNS(=O)(=O)c1cccc(C)c1)Cc1ccc(Cl)cc1. The summed E-state index contributed by atoms with van der Waals surface area (Å²) >= 11 is 5.86. The number of halogens is 1. The summed E-state index contributed by atoms with van der Waals surface area (Å²) in [4.78, 5) is 13.6. The van der Waals surface area contributed by atoms with Crippen LogP contribution in [0.1, 0.15) is 18.1 Å². The van der Waals surface area contributed by atoms with Crippen molar-refractivity contribution in [2.75, 3.05) is 13.1 Å². The molecular formula is C18H21ClN2O3S. The first-order valence-corrected chi connectivity index (χ1v) is 9.70. The Morgan fingerprint density at radius 2 is 1.84 bits per heavy atom. The van der Waals surface area contributed by atoms with Crippen molar-refractivity contribution in [2.24, 2.45) is 0 Å². The monoisotopic (exact) mass is 380 g/mol. The van der Waals surface area contributed by atoms with Crippen LogP contribution in [0.15, 0.2) is 53.4 Å². The number of benzene rings is 2. The fourth-order valence-corrected chi connectivity index (χ4v) is 3.59. The normalized spacial score (nSPS) is 11.3. The van der Waals surface area contributed by atoms with Crippen LogP contribution in [0.2, 0.25) is 5.02 Å². The Hall–Kier alpha value is -1.89. The van der Waals surface area contributed by atoms with E-state index in [1.54, 1.807) is 35.2 Å². The number of aryl methyl sites for hydroxylation is 1. The molecule has 0 fully saturated rings. The Kier molecular flexibility index (Phi) is 6.58. The fraction of sp³-hybridized carbons (Fsp3) is 0.278. The number of sulfonamides is 1. The van der Waals surface area contributed by atoms with E-state index in [0.29, 0.717) is 11.6 Å². The van der Waals surface area contributed by atoms with Crippen LogP contribution in [-0.2, 0) is 21.4 Å². The van der Waals surface area contributed by atoms with E-state index in [1.807, 2.05) is 25.1 Å². The summed E-state index contributed by atoms with van der Waals surface area (Å²) in [6.45, 7) is 4.12. The van der Waals surface area contributed by atoms with Crippen molar-refractivity contribution in [2.45, 2.75) is 25.3 Å². The van der Waals surface area contributed by atoms with Crippen molar-refractivity contribution in [1.29, 1.82) is 0 Å². The smallest absolute Gasteiger partial charge is 0.240 e. The van der Waals surface area contributed by atoms with Crippen LogP contribution < -0.4 is 4.72 Å². The Morgan fingerprint density at radius 3 is 2.44 bits per heavy atom. The molecule has 7 heteroatoms. The Bertz CT molecular complexity index is 836. The van der Waals surface area contributed by atoms with Gasteiger partial charge in [0.1, 0.15) is 0 Å². The standard InChI is InChI=1S/C18H21ClN2O3S/c1-14-4-3-5-18(12-14)25(23,24)20-10-11-21(15(2)22)13-16-6-8-17(19)9-7-16/h3-9,12,20H,10-11,13H2,1-2H3. The van der Waals surface area contributed by atoms with E-state index in [4.69, 9.17) is 11.6 Å². The summed E-state index contributed by atoms with van der Waals surface area (Å²) < 4.78 is 27.1. The van der Waals surface area contributed by atoms with E-state index in [1.165, 1.54) is 6.92 Å². The van der Waals surface area contributed by atoms with Gasteiger partial charge in [-0.25, -0.2) is 13.1 Å². The van der Waals surface area contributed by atoms with E-state index in [9.17, 15) is 13.2 Å². The molecule has 0 saturated carbocycles. The number of hydrogen-bond donors (Lipinski definition) is 1. The molecular weight excluding hydrogens is 360 g/mol. The molecule has 1 N–H and O–H groups in total. The molecule has 1 amide bonds. The van der Waals surface area contributed by atoms with Crippen LogP contribution in [0.4, 0.5) is 0 Å². The topological polar surface area (TPSA) is 66.5 Å². The van der Waals surface area contributed by atoms with Crippen LogP contribution >= 0.6 is 11.6 Å². The Labute approximate surface area is 153 Å². The number of rotatable bonds is 7. The number of hydrogen-bond acceptors (Lipinski definition) is 3. The van der Waals surface area contributed by atoms with Crippen molar-refractivity contribution < 1.29 is 13.2 Å². The average molecular weight is 381 g/mol. The van der Waals surface area contributed by atoms with Gasteiger partial charge in [0, 0.05) is 31.6 Å². The minimum absolute atomic E-state index is 0.121. The summed E-state index contributed by atoms with van der Waals surface area (Å²) in [5.41, 5.74) is 1.80.